The zero-order chi connectivity index (χ0) is 48.6. The van der Waals surface area contributed by atoms with Crippen molar-refractivity contribution in [1.82, 2.24) is 14.5 Å². The number of benzene rings is 2. The number of unbranched alkanes of at least 4 members (excludes halogenated alkanes) is 11. The molecule has 2 aliphatic rings. The van der Waals surface area contributed by atoms with Crippen LogP contribution in [0.25, 0.3) is 11.1 Å². The first kappa shape index (κ1) is 57.1. The Morgan fingerprint density at radius 2 is 1.41 bits per heavy atom. The van der Waals surface area contributed by atoms with Crippen molar-refractivity contribution in [3.05, 3.63) is 79.8 Å². The maximum Gasteiger partial charge on any atom is 1.00 e. The van der Waals surface area contributed by atoms with Gasteiger partial charge in [0.15, 0.2) is 11.7 Å². The van der Waals surface area contributed by atoms with E-state index in [4.69, 9.17) is 37.9 Å². The van der Waals surface area contributed by atoms with Crippen molar-refractivity contribution in [3.8, 4) is 5.75 Å². The maximum atomic E-state index is 14.9. The van der Waals surface area contributed by atoms with Gasteiger partial charge in [0.2, 0.25) is 5.91 Å². The normalized spacial score (nSPS) is 18.8. The number of rotatable bonds is 25. The number of halogens is 2. The largest absolute Gasteiger partial charge is 1.00 e. The fraction of sp³-hybridized carbons (Fsp3) is 0.593. The number of carbonyl (C=O) groups excluding carboxylic acids is 3. The second-order valence-electron chi connectivity index (χ2n) is 19.1. The van der Waals surface area contributed by atoms with E-state index >= 15 is 0 Å². The zero-order valence-electron chi connectivity index (χ0n) is 42.1. The molecule has 1 saturated carbocycles. The van der Waals surface area contributed by atoms with Gasteiger partial charge in [-0.05, 0) is 86.1 Å². The smallest absolute Gasteiger partial charge is 0.871 e. The van der Waals surface area contributed by atoms with Gasteiger partial charge in [-0.25, -0.2) is 19.3 Å². The maximum absolute atomic E-state index is 14.9. The molecular formula is C54H74Cl2N5NaO6. The van der Waals surface area contributed by atoms with E-state index in [0.29, 0.717) is 42.4 Å². The van der Waals surface area contributed by atoms with Crippen LogP contribution in [0.4, 0.5) is 11.5 Å². The quantitative estimate of drug-likeness (QED) is 0.0505. The standard InChI is InChI=1S/C54H75Cl2N5O6.Na/c1-8-12-15-17-19-21-28-60(29-22-20-18-16-13-9-2)53(65)42-32-41(33-43(56)48(42)63)57-50-46(39-24-26-40(55)27-25-39)47(54(66)67-49-36(6)30-35(5)31-37(49)7)51-58-44(34-45(62)61(50)51)59-52(64)38(11-4)23-14-10-3;/h24-27,32-38,49,63H,8-23,28-31H2,1-7H3,(H,59,64);/q;+1/p-1. The van der Waals surface area contributed by atoms with Crippen LogP contribution in [-0.2, 0) is 14.3 Å². The molecular weight excluding hydrogens is 909 g/mol. The van der Waals surface area contributed by atoms with Gasteiger partial charge in [0.05, 0.1) is 5.69 Å². The van der Waals surface area contributed by atoms with E-state index in [9.17, 15) is 24.3 Å². The minimum atomic E-state index is -0.698. The van der Waals surface area contributed by atoms with Crippen molar-refractivity contribution in [2.24, 2.45) is 28.7 Å². The molecule has 0 spiro atoms. The second kappa shape index (κ2) is 28.4. The van der Waals surface area contributed by atoms with Crippen LogP contribution in [0.15, 0.2) is 52.3 Å². The predicted octanol–water partition coefficient (Wildman–Crippen LogP) is 10.1. The number of aliphatic imine (C=N–C) groups is 1. The first-order valence-corrected chi connectivity index (χ1v) is 26.0. The number of fused-ring (bicyclic) bond motifs is 1. The number of nitrogens with zero attached hydrogens (tertiary/aromatic N) is 4. The Bertz CT molecular complexity index is 2250. The van der Waals surface area contributed by atoms with Crippen LogP contribution in [0.2, 0.25) is 10.0 Å². The summed E-state index contributed by atoms with van der Waals surface area (Å²) in [6.45, 7) is 15.8. The molecule has 1 aliphatic carbocycles. The number of allylic oxidation sites excluding steroid dienone is 1. The number of amides is 2. The predicted molar refractivity (Wildman–Crippen MR) is 271 cm³/mol. The summed E-state index contributed by atoms with van der Waals surface area (Å²) in [6, 6.07) is 10.8. The number of hydrogen-bond acceptors (Lipinski definition) is 8. The van der Waals surface area contributed by atoms with Crippen molar-refractivity contribution in [1.29, 1.82) is 0 Å². The Morgan fingerprint density at radius 1 is 0.838 bits per heavy atom. The number of ether oxygens (including phenoxy) is 1. The van der Waals surface area contributed by atoms with Gasteiger partial charge in [-0.15, -0.1) is 0 Å². The van der Waals surface area contributed by atoms with E-state index in [1.54, 1.807) is 29.2 Å². The summed E-state index contributed by atoms with van der Waals surface area (Å²) in [5.74, 6) is -1.75. The van der Waals surface area contributed by atoms with Crippen LogP contribution in [0.5, 0.6) is 5.75 Å². The van der Waals surface area contributed by atoms with E-state index < -0.39 is 29.3 Å². The number of carbonyl (C=O) groups is 3. The third-order valence-electron chi connectivity index (χ3n) is 13.4. The minimum absolute atomic E-state index is 0. The molecule has 14 heteroatoms. The molecule has 3 atom stereocenters. The summed E-state index contributed by atoms with van der Waals surface area (Å²) in [6.07, 6.45) is 17.1. The van der Waals surface area contributed by atoms with Crippen molar-refractivity contribution in [3.63, 3.8) is 0 Å². The third kappa shape index (κ3) is 15.3. The molecule has 2 aromatic carbocycles. The molecule has 1 fully saturated rings. The number of aromatic nitrogens is 2. The Labute approximate surface area is 437 Å². The van der Waals surface area contributed by atoms with Crippen molar-refractivity contribution >= 4 is 69.5 Å². The average molecular weight is 983 g/mol. The van der Waals surface area contributed by atoms with Crippen LogP contribution in [0, 0.1) is 23.7 Å². The van der Waals surface area contributed by atoms with Gasteiger partial charge in [0.1, 0.15) is 17.5 Å². The molecule has 1 aromatic heterocycles. The summed E-state index contributed by atoms with van der Waals surface area (Å²) in [7, 11) is 0. The van der Waals surface area contributed by atoms with Gasteiger partial charge >= 0.3 is 35.5 Å². The summed E-state index contributed by atoms with van der Waals surface area (Å²) < 4.78 is 7.66. The summed E-state index contributed by atoms with van der Waals surface area (Å²) >= 11 is 13.1. The molecule has 366 valence electrons. The van der Waals surface area contributed by atoms with Crippen LogP contribution in [-0.4, -0.2) is 57.3 Å². The average Bonchev–Trinajstić information content (AvgIpc) is 3.61. The molecule has 1 N–H and O–H groups in total. The third-order valence-corrected chi connectivity index (χ3v) is 14.0. The van der Waals surface area contributed by atoms with Crippen molar-refractivity contribution < 1.29 is 53.8 Å². The molecule has 3 unspecified atom stereocenters. The second-order valence-corrected chi connectivity index (χ2v) is 19.9. The molecule has 68 heavy (non-hydrogen) atoms. The van der Waals surface area contributed by atoms with Crippen LogP contribution in [0.1, 0.15) is 186 Å². The molecule has 3 aromatic rings. The first-order chi connectivity index (χ1) is 32.2. The fourth-order valence-corrected chi connectivity index (χ4v) is 10.2. The van der Waals surface area contributed by atoms with Crippen LogP contribution >= 0.6 is 23.2 Å². The van der Waals surface area contributed by atoms with Gasteiger partial charge in [0, 0.05) is 46.3 Å². The fourth-order valence-electron chi connectivity index (χ4n) is 9.83. The van der Waals surface area contributed by atoms with Gasteiger partial charge in [-0.3, -0.25) is 14.4 Å². The van der Waals surface area contributed by atoms with Gasteiger partial charge < -0.3 is 20.1 Å². The molecule has 0 radical (unpaired) electrons. The van der Waals surface area contributed by atoms with Crippen LogP contribution in [0.3, 0.4) is 0 Å². The zero-order valence-corrected chi connectivity index (χ0v) is 45.6. The molecule has 11 nitrogen and oxygen atoms in total. The minimum Gasteiger partial charge on any atom is -0.871 e. The number of esters is 1. The number of anilines is 1. The van der Waals surface area contributed by atoms with E-state index in [1.807, 2.05) is 6.92 Å². The van der Waals surface area contributed by atoms with Gasteiger partial charge in [0.25, 0.3) is 11.5 Å². The summed E-state index contributed by atoms with van der Waals surface area (Å²) in [5.41, 5.74) is 0.0964. The first-order valence-electron chi connectivity index (χ1n) is 25.3. The molecule has 0 bridgehead atoms. The number of nitrogens with one attached hydrogen (secondary N) is 1. The SMILES string of the molecule is CCCCCCCCN(CCCCCCCC)C(=O)c1cc(N=C2C(c3ccc(Cl)cc3)=C(C(=O)OC3C(C)CC(C)CC3C)c3nc(NC(=O)C(CC)CCCC)cc(=O)n32)cc(Cl)c1[O-].[Na+]. The van der Waals surface area contributed by atoms with Crippen molar-refractivity contribution in [2.75, 3.05) is 18.4 Å². The Hall–Kier alpha value is -3.48. The Balaban J connectivity index is 0.0000101. The monoisotopic (exact) mass is 981 g/mol. The molecule has 2 amide bonds. The summed E-state index contributed by atoms with van der Waals surface area (Å²) in [5, 5.41) is 16.9. The Kier molecular flexibility index (Phi) is 23.8. The van der Waals surface area contributed by atoms with Gasteiger partial charge in [-0.1, -0.05) is 167 Å². The summed E-state index contributed by atoms with van der Waals surface area (Å²) in [4.78, 5) is 69.2. The van der Waals surface area contributed by atoms with E-state index in [0.717, 1.165) is 89.9 Å². The Morgan fingerprint density at radius 3 is 1.99 bits per heavy atom. The molecule has 5 rings (SSSR count). The van der Waals surface area contributed by atoms with Crippen LogP contribution < -0.4 is 45.5 Å². The topological polar surface area (TPSA) is 146 Å². The van der Waals surface area contributed by atoms with Gasteiger partial charge in [-0.2, -0.15) is 0 Å². The van der Waals surface area contributed by atoms with E-state index in [-0.39, 0.29) is 98.1 Å². The molecule has 2 heterocycles. The van der Waals surface area contributed by atoms with Crippen molar-refractivity contribution in [2.45, 2.75) is 170 Å². The number of hydrogen-bond donors (Lipinski definition) is 1. The van der Waals surface area contributed by atoms with E-state index in [1.165, 1.54) is 35.6 Å². The van der Waals surface area contributed by atoms with E-state index in [2.05, 4.69) is 46.9 Å². The molecule has 1 aliphatic heterocycles. The molecule has 0 saturated heterocycles.